The van der Waals surface area contributed by atoms with Crippen molar-refractivity contribution in [1.82, 2.24) is 15.6 Å². The number of amides is 1. The number of esters is 1. The number of methoxy groups -OCH3 is 1. The quantitative estimate of drug-likeness (QED) is 0.719. The van der Waals surface area contributed by atoms with Gasteiger partial charge in [0, 0.05) is 43.3 Å². The van der Waals surface area contributed by atoms with Gasteiger partial charge in [0.05, 0.1) is 7.11 Å². The van der Waals surface area contributed by atoms with Gasteiger partial charge in [-0.3, -0.25) is 19.9 Å². The summed E-state index contributed by atoms with van der Waals surface area (Å²) in [4.78, 5) is 31.3. The molecule has 1 heterocycles. The van der Waals surface area contributed by atoms with Crippen LogP contribution in [0.3, 0.4) is 0 Å². The Balaban J connectivity index is 3.35. The van der Waals surface area contributed by atoms with Crippen LogP contribution in [0.2, 0.25) is 0 Å². The average molecular weight is 364 g/mol. The van der Waals surface area contributed by atoms with Crippen LogP contribution in [0.25, 0.3) is 0 Å². The van der Waals surface area contributed by atoms with Crippen LogP contribution in [0.4, 0.5) is 5.69 Å². The molecule has 0 bridgehead atoms. The Morgan fingerprint density at radius 2 is 1.85 bits per heavy atom. The number of ether oxygens (including phenoxy) is 1. The lowest BCUT2D eigenvalue weighted by Crippen LogP contribution is -2.52. The zero-order valence-electron chi connectivity index (χ0n) is 17.1. The number of anilines is 1. The first-order chi connectivity index (χ1) is 12.0. The van der Waals surface area contributed by atoms with E-state index < -0.39 is 23.6 Å². The molecule has 0 aliphatic rings. The Labute approximate surface area is 156 Å². The predicted molar refractivity (Wildman–Crippen MR) is 103 cm³/mol. The molecule has 0 radical (unpaired) electrons. The highest BCUT2D eigenvalue weighted by atomic mass is 16.5. The van der Waals surface area contributed by atoms with Gasteiger partial charge in [-0.1, -0.05) is 13.8 Å². The topological polar surface area (TPSA) is 83.6 Å². The number of pyridine rings is 1. The molecular formula is C19H32N4O3. The molecule has 0 spiro atoms. The van der Waals surface area contributed by atoms with E-state index in [0.29, 0.717) is 5.56 Å². The smallest absolute Gasteiger partial charge is 0.323 e. The van der Waals surface area contributed by atoms with Crippen LogP contribution in [0.1, 0.15) is 46.2 Å². The van der Waals surface area contributed by atoms with Crippen LogP contribution < -0.4 is 15.5 Å². The molecule has 0 saturated heterocycles. The fraction of sp³-hybridized carbons (Fsp3) is 0.632. The minimum atomic E-state index is -0.744. The van der Waals surface area contributed by atoms with E-state index in [1.807, 2.05) is 59.7 Å². The summed E-state index contributed by atoms with van der Waals surface area (Å²) in [6, 6.07) is 0.481. The zero-order chi connectivity index (χ0) is 20.1. The lowest BCUT2D eigenvalue weighted by molar-refractivity contribution is -0.144. The molecule has 0 aliphatic heterocycles. The van der Waals surface area contributed by atoms with E-state index in [4.69, 9.17) is 4.74 Å². The molecule has 1 amide bonds. The highest BCUT2D eigenvalue weighted by molar-refractivity contribution is 5.87. The largest absolute Gasteiger partial charge is 0.468 e. The number of hydrogen-bond donors (Lipinski definition) is 2. The normalized spacial score (nSPS) is 13.9. The molecule has 0 unspecified atom stereocenters. The monoisotopic (exact) mass is 364 g/mol. The lowest BCUT2D eigenvalue weighted by Gasteiger charge is -2.31. The molecule has 0 fully saturated rings. The number of carbonyl (C=O) groups is 2. The van der Waals surface area contributed by atoms with Gasteiger partial charge in [-0.05, 0) is 32.8 Å². The summed E-state index contributed by atoms with van der Waals surface area (Å²) in [7, 11) is 5.15. The van der Waals surface area contributed by atoms with Gasteiger partial charge in [0.1, 0.15) is 12.1 Å². The fourth-order valence-electron chi connectivity index (χ4n) is 2.62. The summed E-state index contributed by atoms with van der Waals surface area (Å²) in [5, 5.41) is 6.17. The summed E-state index contributed by atoms with van der Waals surface area (Å²) in [5.41, 5.74) is 1.15. The molecule has 2 N–H and O–H groups in total. The van der Waals surface area contributed by atoms with Crippen molar-refractivity contribution >= 4 is 17.6 Å². The predicted octanol–water partition coefficient (Wildman–Crippen LogP) is 1.89. The third-order valence-electron chi connectivity index (χ3n) is 3.85. The summed E-state index contributed by atoms with van der Waals surface area (Å²) >= 11 is 0. The molecular weight excluding hydrogens is 332 g/mol. The van der Waals surface area contributed by atoms with Crippen LogP contribution in [0.15, 0.2) is 18.5 Å². The molecule has 0 saturated carbocycles. The molecule has 2 atom stereocenters. The van der Waals surface area contributed by atoms with Crippen molar-refractivity contribution in [3.05, 3.63) is 24.0 Å². The van der Waals surface area contributed by atoms with Gasteiger partial charge in [0.25, 0.3) is 0 Å². The number of rotatable bonds is 7. The van der Waals surface area contributed by atoms with E-state index in [0.717, 1.165) is 5.69 Å². The first kappa shape index (κ1) is 21.9. The van der Waals surface area contributed by atoms with Gasteiger partial charge in [0.15, 0.2) is 0 Å². The minimum Gasteiger partial charge on any atom is -0.468 e. The SMILES string of the molecule is COC(=O)[C@@H](N[C@H](C(=O)NC(C)(C)C)c1cnccc1N(C)C)C(C)C. The molecule has 0 aliphatic carbocycles. The van der Waals surface area contributed by atoms with E-state index in [1.54, 1.807) is 12.4 Å². The van der Waals surface area contributed by atoms with Gasteiger partial charge < -0.3 is 15.0 Å². The van der Waals surface area contributed by atoms with Crippen molar-refractivity contribution < 1.29 is 14.3 Å². The van der Waals surface area contributed by atoms with Gasteiger partial charge in [-0.25, -0.2) is 0 Å². The fourth-order valence-corrected chi connectivity index (χ4v) is 2.62. The highest BCUT2D eigenvalue weighted by Gasteiger charge is 2.33. The van der Waals surface area contributed by atoms with Gasteiger partial charge in [0.2, 0.25) is 5.91 Å². The van der Waals surface area contributed by atoms with E-state index in [1.165, 1.54) is 7.11 Å². The second-order valence-corrected chi connectivity index (χ2v) is 7.91. The second-order valence-electron chi connectivity index (χ2n) is 7.91. The third-order valence-corrected chi connectivity index (χ3v) is 3.85. The molecule has 1 rings (SSSR count). The number of aromatic nitrogens is 1. The molecule has 1 aromatic heterocycles. The zero-order valence-corrected chi connectivity index (χ0v) is 17.1. The van der Waals surface area contributed by atoms with Crippen LogP contribution in [-0.2, 0) is 14.3 Å². The van der Waals surface area contributed by atoms with Gasteiger partial charge in [-0.2, -0.15) is 0 Å². The van der Waals surface area contributed by atoms with Crippen molar-refractivity contribution in [1.29, 1.82) is 0 Å². The first-order valence-electron chi connectivity index (χ1n) is 8.75. The van der Waals surface area contributed by atoms with Gasteiger partial charge >= 0.3 is 5.97 Å². The highest BCUT2D eigenvalue weighted by Crippen LogP contribution is 2.26. The molecule has 0 aromatic carbocycles. The molecule has 26 heavy (non-hydrogen) atoms. The molecule has 146 valence electrons. The third kappa shape index (κ3) is 5.98. The van der Waals surface area contributed by atoms with E-state index in [2.05, 4.69) is 15.6 Å². The van der Waals surface area contributed by atoms with Crippen LogP contribution in [0.5, 0.6) is 0 Å². The summed E-state index contributed by atoms with van der Waals surface area (Å²) in [5.74, 6) is -0.668. The van der Waals surface area contributed by atoms with Crippen molar-refractivity contribution in [2.45, 2.75) is 52.2 Å². The Bertz CT molecular complexity index is 623. The molecule has 1 aromatic rings. The molecule has 7 heteroatoms. The Kier molecular flexibility index (Phi) is 7.56. The minimum absolute atomic E-state index is 0.0492. The number of nitrogens with one attached hydrogen (secondary N) is 2. The van der Waals surface area contributed by atoms with Crippen molar-refractivity contribution in [3.63, 3.8) is 0 Å². The Hall–Kier alpha value is -2.15. The van der Waals surface area contributed by atoms with Crippen molar-refractivity contribution in [2.75, 3.05) is 26.1 Å². The lowest BCUT2D eigenvalue weighted by atomic mass is 9.98. The van der Waals surface area contributed by atoms with E-state index in [-0.39, 0.29) is 11.8 Å². The maximum atomic E-state index is 13.0. The number of carbonyl (C=O) groups excluding carboxylic acids is 2. The number of nitrogens with zero attached hydrogens (tertiary/aromatic N) is 2. The number of hydrogen-bond acceptors (Lipinski definition) is 6. The second kappa shape index (κ2) is 8.98. The summed E-state index contributed by atoms with van der Waals surface area (Å²) < 4.78 is 4.91. The average Bonchev–Trinajstić information content (AvgIpc) is 2.53. The van der Waals surface area contributed by atoms with Crippen molar-refractivity contribution in [2.24, 2.45) is 5.92 Å². The standard InChI is InChI=1S/C19H32N4O3/c1-12(2)15(18(25)26-8)21-16(17(24)22-19(3,4)5)13-11-20-10-9-14(13)23(6)7/h9-12,15-16,21H,1-8H3,(H,22,24)/t15-,16-/m0/s1. The van der Waals surface area contributed by atoms with E-state index >= 15 is 0 Å². The van der Waals surface area contributed by atoms with E-state index in [9.17, 15) is 9.59 Å². The Morgan fingerprint density at radius 1 is 1.23 bits per heavy atom. The summed E-state index contributed by atoms with van der Waals surface area (Å²) in [6.07, 6.45) is 3.34. The van der Waals surface area contributed by atoms with Crippen LogP contribution in [-0.4, -0.2) is 49.6 Å². The first-order valence-corrected chi connectivity index (χ1v) is 8.75. The maximum absolute atomic E-state index is 13.0. The molecule has 7 nitrogen and oxygen atoms in total. The van der Waals surface area contributed by atoms with Crippen molar-refractivity contribution in [3.8, 4) is 0 Å². The van der Waals surface area contributed by atoms with Gasteiger partial charge in [-0.15, -0.1) is 0 Å². The Morgan fingerprint density at radius 3 is 2.31 bits per heavy atom. The maximum Gasteiger partial charge on any atom is 0.323 e. The van der Waals surface area contributed by atoms with Crippen LogP contribution in [0, 0.1) is 5.92 Å². The summed E-state index contributed by atoms with van der Waals surface area (Å²) in [6.45, 7) is 9.56. The van der Waals surface area contributed by atoms with Crippen LogP contribution >= 0.6 is 0 Å².